The predicted octanol–water partition coefficient (Wildman–Crippen LogP) is 12.4. The lowest BCUT2D eigenvalue weighted by atomic mass is 9.98. The summed E-state index contributed by atoms with van der Waals surface area (Å²) in [5, 5.41) is 4.36. The van der Waals surface area contributed by atoms with Crippen LogP contribution in [-0.4, -0.2) is 15.0 Å². The van der Waals surface area contributed by atoms with Crippen LogP contribution < -0.4 is 0 Å². The smallest absolute Gasteiger partial charge is 0.164 e. The van der Waals surface area contributed by atoms with Crippen molar-refractivity contribution >= 4 is 43.5 Å². The molecule has 2 aromatic heterocycles. The molecule has 0 radical (unpaired) electrons. The lowest BCUT2D eigenvalue weighted by Crippen LogP contribution is -2.00. The maximum Gasteiger partial charge on any atom is 0.164 e. The zero-order chi connectivity index (χ0) is 41.6. The van der Waals surface area contributed by atoms with Gasteiger partial charge in [0.05, 0.1) is 12.3 Å². The second-order valence-corrected chi connectivity index (χ2v) is 12.2. The van der Waals surface area contributed by atoms with E-state index in [0.717, 1.165) is 32.7 Å². The zero-order valence-corrected chi connectivity index (χ0v) is 26.8. The maximum absolute atomic E-state index is 9.29. The van der Waals surface area contributed by atoms with Crippen molar-refractivity contribution in [2.75, 3.05) is 0 Å². The molecule has 0 amide bonds. The number of aromatic nitrogens is 3. The Kier molecular flexibility index (Phi) is 4.96. The van der Waals surface area contributed by atoms with Gasteiger partial charge in [-0.3, -0.25) is 0 Å². The van der Waals surface area contributed by atoms with Crippen LogP contribution in [0.3, 0.4) is 0 Å². The Hall–Kier alpha value is -6.91. The summed E-state index contributed by atoms with van der Waals surface area (Å²) in [5.74, 6) is -0.186. The minimum atomic E-state index is -0.569. The Balaban J connectivity index is 1.26. The van der Waals surface area contributed by atoms with E-state index in [1.165, 1.54) is 12.1 Å². The first-order valence-corrected chi connectivity index (χ1v) is 16.4. The molecule has 2 heterocycles. The van der Waals surface area contributed by atoms with Crippen LogP contribution in [0.15, 0.2) is 180 Å². The van der Waals surface area contributed by atoms with Crippen LogP contribution in [0.25, 0.3) is 99.9 Å². The van der Waals surface area contributed by atoms with Crippen LogP contribution in [-0.2, 0) is 0 Å². The lowest BCUT2D eigenvalue weighted by molar-refractivity contribution is 0.670. The fourth-order valence-electron chi connectivity index (χ4n) is 6.61. The summed E-state index contributed by atoms with van der Waals surface area (Å²) < 4.78 is 85.4. The van der Waals surface area contributed by atoms with E-state index in [0.29, 0.717) is 22.1 Å². The molecule has 51 heavy (non-hydrogen) atoms. The van der Waals surface area contributed by atoms with Gasteiger partial charge in [0.2, 0.25) is 0 Å². The van der Waals surface area contributed by atoms with Gasteiger partial charge in [0.25, 0.3) is 0 Å². The predicted molar refractivity (Wildman–Crippen MR) is 209 cm³/mol. The van der Waals surface area contributed by atoms with Crippen molar-refractivity contribution in [2.45, 2.75) is 0 Å². The van der Waals surface area contributed by atoms with Crippen LogP contribution in [0, 0.1) is 0 Å². The number of hydrogen-bond donors (Lipinski definition) is 0. The number of hydrogen-bond acceptors (Lipinski definition) is 4. The Morgan fingerprint density at radius 3 is 1.92 bits per heavy atom. The van der Waals surface area contributed by atoms with Gasteiger partial charge < -0.3 is 4.42 Å². The average molecular weight is 661 g/mol. The van der Waals surface area contributed by atoms with Crippen molar-refractivity contribution in [3.8, 4) is 56.4 Å². The van der Waals surface area contributed by atoms with Gasteiger partial charge in [-0.15, -0.1) is 0 Å². The van der Waals surface area contributed by atoms with Gasteiger partial charge in [-0.25, -0.2) is 15.0 Å². The highest BCUT2D eigenvalue weighted by Crippen LogP contribution is 2.41. The molecule has 0 N–H and O–H groups in total. The standard InChI is InChI=1S/C47H29N3O/c1-3-11-30(12-4-1)35-24-21-32-23-26-37(29-38(32)28-35)46-48-45(33-14-5-2-6-15-33)49-47(50-46)41-19-10-20-42-43(41)40-18-9-17-39(44(40)51-42)36-25-22-31-13-7-8-16-34(31)27-36/h1-29H/i2D,5D,6D,9D,14D,15D,17D,19D,20D. The minimum absolute atomic E-state index is 0.0753. The Labute approximate surface area is 307 Å². The highest BCUT2D eigenvalue weighted by Gasteiger charge is 2.20. The molecule has 0 aliphatic carbocycles. The molecule has 8 aromatic carbocycles. The van der Waals surface area contributed by atoms with E-state index in [1.54, 1.807) is 0 Å². The molecular formula is C47H29N3O. The molecule has 0 fully saturated rings. The highest BCUT2D eigenvalue weighted by molar-refractivity contribution is 6.15. The van der Waals surface area contributed by atoms with Crippen molar-refractivity contribution in [1.82, 2.24) is 15.0 Å². The summed E-state index contributed by atoms with van der Waals surface area (Å²) in [6.45, 7) is 0. The number of fused-ring (bicyclic) bond motifs is 5. The number of benzene rings is 8. The highest BCUT2D eigenvalue weighted by atomic mass is 16.3. The van der Waals surface area contributed by atoms with Gasteiger partial charge in [-0.1, -0.05) is 151 Å². The summed E-state index contributed by atoms with van der Waals surface area (Å²) in [5.41, 5.74) is 3.73. The Morgan fingerprint density at radius 1 is 0.412 bits per heavy atom. The van der Waals surface area contributed by atoms with Crippen molar-refractivity contribution < 1.29 is 16.8 Å². The molecule has 0 saturated heterocycles. The second kappa shape index (κ2) is 11.9. The van der Waals surface area contributed by atoms with Crippen LogP contribution in [0.5, 0.6) is 0 Å². The summed E-state index contributed by atoms with van der Waals surface area (Å²) in [6.07, 6.45) is 0. The van der Waals surface area contributed by atoms with Gasteiger partial charge >= 0.3 is 0 Å². The topological polar surface area (TPSA) is 51.8 Å². The second-order valence-electron chi connectivity index (χ2n) is 12.2. The van der Waals surface area contributed by atoms with Gasteiger partial charge in [0.1, 0.15) is 11.2 Å². The third kappa shape index (κ3) is 5.13. The van der Waals surface area contributed by atoms with Crippen LogP contribution in [0.1, 0.15) is 12.3 Å². The van der Waals surface area contributed by atoms with E-state index in [2.05, 4.69) is 6.07 Å². The number of furan rings is 1. The third-order valence-corrected chi connectivity index (χ3v) is 9.08. The molecular weight excluding hydrogens is 623 g/mol. The van der Waals surface area contributed by atoms with Crippen molar-refractivity contribution in [2.24, 2.45) is 0 Å². The van der Waals surface area contributed by atoms with Crippen LogP contribution in [0.2, 0.25) is 0 Å². The summed E-state index contributed by atoms with van der Waals surface area (Å²) >= 11 is 0. The van der Waals surface area contributed by atoms with Gasteiger partial charge in [-0.05, 0) is 62.5 Å². The van der Waals surface area contributed by atoms with Crippen LogP contribution in [0.4, 0.5) is 0 Å². The average Bonchev–Trinajstić information content (AvgIpc) is 3.63. The zero-order valence-electron chi connectivity index (χ0n) is 35.8. The van der Waals surface area contributed by atoms with E-state index >= 15 is 0 Å². The molecule has 4 nitrogen and oxygen atoms in total. The molecule has 0 saturated carbocycles. The lowest BCUT2D eigenvalue weighted by Gasteiger charge is -2.10. The van der Waals surface area contributed by atoms with Crippen LogP contribution >= 0.6 is 0 Å². The molecule has 0 aliphatic rings. The molecule has 0 bridgehead atoms. The normalized spacial score (nSPS) is 14.0. The van der Waals surface area contributed by atoms with E-state index in [1.807, 2.05) is 103 Å². The third-order valence-electron chi connectivity index (χ3n) is 9.08. The maximum atomic E-state index is 9.29. The van der Waals surface area contributed by atoms with Gasteiger partial charge in [0.15, 0.2) is 17.5 Å². The van der Waals surface area contributed by atoms with E-state index < -0.39 is 30.2 Å². The quantitative estimate of drug-likeness (QED) is 0.184. The summed E-state index contributed by atoms with van der Waals surface area (Å²) in [6, 6.07) is 34.8. The van der Waals surface area contributed by atoms with Crippen molar-refractivity contribution in [1.29, 1.82) is 0 Å². The van der Waals surface area contributed by atoms with E-state index in [9.17, 15) is 1.37 Å². The molecule has 10 aromatic rings. The monoisotopic (exact) mass is 660 g/mol. The largest absolute Gasteiger partial charge is 0.455 e. The molecule has 0 aliphatic heterocycles. The molecule has 0 unspecified atom stereocenters. The first-order chi connectivity index (χ1) is 29.0. The first kappa shape index (κ1) is 21.2. The van der Waals surface area contributed by atoms with Gasteiger partial charge in [-0.2, -0.15) is 0 Å². The molecule has 238 valence electrons. The summed E-state index contributed by atoms with van der Waals surface area (Å²) in [7, 11) is 0. The molecule has 0 spiro atoms. The molecule has 0 atom stereocenters. The van der Waals surface area contributed by atoms with Crippen molar-refractivity contribution in [3.63, 3.8) is 0 Å². The number of para-hydroxylation sites is 1. The molecule has 10 rings (SSSR count). The fourth-order valence-corrected chi connectivity index (χ4v) is 6.61. The number of rotatable bonds is 5. The minimum Gasteiger partial charge on any atom is -0.455 e. The summed E-state index contributed by atoms with van der Waals surface area (Å²) in [4.78, 5) is 14.4. The molecule has 4 heteroatoms. The fraction of sp³-hybridized carbons (Fsp3) is 0. The van der Waals surface area contributed by atoms with E-state index in [4.69, 9.17) is 30.3 Å². The van der Waals surface area contributed by atoms with E-state index in [-0.39, 0.29) is 69.3 Å². The number of nitrogens with zero attached hydrogens (tertiary/aromatic N) is 3. The Morgan fingerprint density at radius 2 is 1.08 bits per heavy atom. The van der Waals surface area contributed by atoms with Gasteiger partial charge in [0, 0.05) is 33.0 Å². The Bertz CT molecular complexity index is 3410. The first-order valence-electron chi connectivity index (χ1n) is 20.9. The SMILES string of the molecule is [2H]c1cc2c(oc3c([2H])cc([2H])c(-c4nc(-c5ccc6ccc(-c7ccccc7)cc6c5)nc(-c5c([2H])c([2H])c([2H])c([2H])c5[2H])n4)c32)c(-c2ccc3ccccc3c2)c1[2H]. The van der Waals surface area contributed by atoms with Crippen molar-refractivity contribution in [3.05, 3.63) is 176 Å².